The van der Waals surface area contributed by atoms with E-state index in [-0.39, 0.29) is 6.04 Å². The van der Waals surface area contributed by atoms with Crippen molar-refractivity contribution in [3.8, 4) is 0 Å². The molecule has 4 heterocycles. The van der Waals surface area contributed by atoms with Crippen LogP contribution in [0.2, 0.25) is 19.6 Å². The van der Waals surface area contributed by atoms with Gasteiger partial charge >= 0.3 is 6.09 Å². The molecule has 4 rings (SSSR count). The number of piperidine rings is 1. The predicted molar refractivity (Wildman–Crippen MR) is 106 cm³/mol. The second-order valence-corrected chi connectivity index (χ2v) is 15.1. The van der Waals surface area contributed by atoms with Crippen molar-refractivity contribution in [1.82, 2.24) is 19.9 Å². The van der Waals surface area contributed by atoms with Crippen molar-refractivity contribution in [2.24, 2.45) is 0 Å². The van der Waals surface area contributed by atoms with Crippen molar-refractivity contribution < 1.29 is 14.6 Å². The number of rotatable bonds is 3. The summed E-state index contributed by atoms with van der Waals surface area (Å²) in [5, 5.41) is 20.5. The van der Waals surface area contributed by atoms with Crippen LogP contribution in [0.15, 0.2) is 17.6 Å². The summed E-state index contributed by atoms with van der Waals surface area (Å²) < 4.78 is 8.18. The molecule has 7 nitrogen and oxygen atoms in total. The quantitative estimate of drug-likeness (QED) is 0.789. The molecule has 0 radical (unpaired) electrons. The Morgan fingerprint density at radius 1 is 1.48 bits per heavy atom. The highest BCUT2D eigenvalue weighted by atomic mass is 32.1. The fourth-order valence-corrected chi connectivity index (χ4v) is 6.47. The molecule has 1 saturated heterocycles. The molecule has 0 aromatic carbocycles. The van der Waals surface area contributed by atoms with Crippen LogP contribution in [0, 0.1) is 0 Å². The van der Waals surface area contributed by atoms with E-state index in [1.807, 2.05) is 10.9 Å². The average molecular weight is 407 g/mol. The number of fused-ring (bicyclic) bond motifs is 2. The van der Waals surface area contributed by atoms with Crippen LogP contribution in [0.1, 0.15) is 35.0 Å². The number of aromatic nitrogens is 3. The Balaban J connectivity index is 1.66. The van der Waals surface area contributed by atoms with Crippen molar-refractivity contribution in [3.05, 3.63) is 33.8 Å². The topological polar surface area (TPSA) is 80.5 Å². The molecule has 2 aliphatic rings. The molecule has 1 spiro atoms. The van der Waals surface area contributed by atoms with Gasteiger partial charge in [0, 0.05) is 24.0 Å². The van der Waals surface area contributed by atoms with Gasteiger partial charge in [-0.1, -0.05) is 24.9 Å². The number of likely N-dealkylation sites (tertiary alicyclic amines) is 1. The van der Waals surface area contributed by atoms with Crippen LogP contribution in [-0.4, -0.2) is 52.3 Å². The molecule has 9 heteroatoms. The summed E-state index contributed by atoms with van der Waals surface area (Å²) >= 11 is 1.72. The zero-order chi connectivity index (χ0) is 19.2. The molecule has 1 unspecified atom stereocenters. The number of carboxylic acid groups (broad SMARTS) is 1. The van der Waals surface area contributed by atoms with E-state index in [1.54, 1.807) is 11.3 Å². The van der Waals surface area contributed by atoms with E-state index in [2.05, 4.69) is 41.4 Å². The number of hydrogen-bond donors (Lipinski definition) is 1. The van der Waals surface area contributed by atoms with E-state index in [4.69, 9.17) is 4.74 Å². The maximum atomic E-state index is 11.9. The molecule has 0 bridgehead atoms. The van der Waals surface area contributed by atoms with Gasteiger partial charge in [0.1, 0.15) is 11.3 Å². The fraction of sp³-hybridized carbons (Fsp3) is 0.611. The minimum atomic E-state index is -1.34. The van der Waals surface area contributed by atoms with Gasteiger partial charge in [-0.05, 0) is 29.9 Å². The summed E-state index contributed by atoms with van der Waals surface area (Å²) in [4.78, 5) is 14.6. The van der Waals surface area contributed by atoms with Gasteiger partial charge < -0.3 is 9.84 Å². The van der Waals surface area contributed by atoms with Crippen molar-refractivity contribution >= 4 is 25.5 Å². The Labute approximate surface area is 164 Å². The van der Waals surface area contributed by atoms with Crippen molar-refractivity contribution in [3.63, 3.8) is 0 Å². The molecule has 2 aliphatic heterocycles. The number of amides is 1. The third kappa shape index (κ3) is 3.55. The SMILES string of the molecule is C[Si](C)(C)Cn1cc(C2C[C@]3(CCN2C(=O)O)OCCc2ccsc23)nn1. The van der Waals surface area contributed by atoms with Crippen LogP contribution in [0.3, 0.4) is 0 Å². The standard InChI is InChI=1S/C18H26N4O3SSi/c1-27(2,3)12-21-11-14(19-20-21)15-10-18(6-7-22(15)17(23)24)16-13(4-8-25-18)5-9-26-16/h5,9,11,15H,4,6-8,10,12H2,1-3H3,(H,23,24)/t15?,18-/m0/s1. The number of nitrogens with zero attached hydrogens (tertiary/aromatic N) is 4. The van der Waals surface area contributed by atoms with Crippen LogP contribution < -0.4 is 0 Å². The molecular formula is C18H26N4O3SSi. The van der Waals surface area contributed by atoms with Gasteiger partial charge in [0.2, 0.25) is 0 Å². The molecule has 27 heavy (non-hydrogen) atoms. The molecule has 0 aliphatic carbocycles. The van der Waals surface area contributed by atoms with Gasteiger partial charge in [-0.3, -0.25) is 9.58 Å². The lowest BCUT2D eigenvalue weighted by atomic mass is 9.81. The summed E-state index contributed by atoms with van der Waals surface area (Å²) in [6.45, 7) is 7.97. The van der Waals surface area contributed by atoms with Crippen molar-refractivity contribution in [2.45, 2.75) is 56.7 Å². The lowest BCUT2D eigenvalue weighted by molar-refractivity contribution is -0.107. The molecule has 2 aromatic heterocycles. The number of hydrogen-bond acceptors (Lipinski definition) is 5. The Bertz CT molecular complexity index is 846. The maximum Gasteiger partial charge on any atom is 0.407 e. The Kier molecular flexibility index (Phi) is 4.64. The molecule has 1 amide bonds. The smallest absolute Gasteiger partial charge is 0.407 e. The largest absolute Gasteiger partial charge is 0.465 e. The van der Waals surface area contributed by atoms with Crippen LogP contribution in [0.4, 0.5) is 4.79 Å². The van der Waals surface area contributed by atoms with Crippen molar-refractivity contribution in [2.75, 3.05) is 13.2 Å². The second-order valence-electron chi connectivity index (χ2n) is 8.72. The Morgan fingerprint density at radius 2 is 2.30 bits per heavy atom. The first-order valence-electron chi connectivity index (χ1n) is 9.38. The summed E-state index contributed by atoms with van der Waals surface area (Å²) in [6, 6.07) is 1.84. The Hall–Kier alpha value is -1.71. The predicted octanol–water partition coefficient (Wildman–Crippen LogP) is 3.50. The molecule has 2 aromatic rings. The van der Waals surface area contributed by atoms with Gasteiger partial charge in [0.25, 0.3) is 0 Å². The van der Waals surface area contributed by atoms with Crippen molar-refractivity contribution in [1.29, 1.82) is 0 Å². The van der Waals surface area contributed by atoms with Crippen LogP contribution in [0.5, 0.6) is 0 Å². The first-order valence-corrected chi connectivity index (χ1v) is 14.0. The van der Waals surface area contributed by atoms with E-state index in [1.165, 1.54) is 15.3 Å². The molecule has 2 atom stereocenters. The second kappa shape index (κ2) is 6.71. The Morgan fingerprint density at radius 3 is 3.04 bits per heavy atom. The number of carbonyl (C=O) groups is 1. The van der Waals surface area contributed by atoms with E-state index in [0.29, 0.717) is 26.0 Å². The minimum Gasteiger partial charge on any atom is -0.465 e. The molecule has 1 N–H and O–H groups in total. The highest BCUT2D eigenvalue weighted by Crippen LogP contribution is 2.49. The fourth-order valence-electron chi connectivity index (χ4n) is 4.20. The molecular weight excluding hydrogens is 380 g/mol. The van der Waals surface area contributed by atoms with Gasteiger partial charge in [-0.2, -0.15) is 0 Å². The lowest BCUT2D eigenvalue weighted by Crippen LogP contribution is -2.49. The number of ether oxygens (including phenoxy) is 1. The normalized spacial score (nSPS) is 25.6. The van der Waals surface area contributed by atoms with Crippen LogP contribution in [0.25, 0.3) is 0 Å². The minimum absolute atomic E-state index is 0.334. The monoisotopic (exact) mass is 406 g/mol. The summed E-state index contributed by atoms with van der Waals surface area (Å²) in [5.41, 5.74) is 1.67. The third-order valence-corrected chi connectivity index (χ3v) is 7.76. The number of thiophene rings is 1. The summed E-state index contributed by atoms with van der Waals surface area (Å²) in [7, 11) is -1.34. The third-order valence-electron chi connectivity index (χ3n) is 5.35. The maximum absolute atomic E-state index is 11.9. The highest BCUT2D eigenvalue weighted by molar-refractivity contribution is 7.10. The first-order chi connectivity index (χ1) is 12.8. The van der Waals surface area contributed by atoms with E-state index in [0.717, 1.165) is 18.3 Å². The zero-order valence-electron chi connectivity index (χ0n) is 16.0. The molecule has 0 saturated carbocycles. The van der Waals surface area contributed by atoms with E-state index < -0.39 is 19.8 Å². The molecule has 1 fully saturated rings. The summed E-state index contributed by atoms with van der Waals surface area (Å²) in [5.74, 6) is 0. The average Bonchev–Trinajstić information content (AvgIpc) is 3.23. The van der Waals surface area contributed by atoms with E-state index in [9.17, 15) is 9.90 Å². The van der Waals surface area contributed by atoms with Gasteiger partial charge in [-0.25, -0.2) is 4.79 Å². The van der Waals surface area contributed by atoms with Gasteiger partial charge in [-0.15, -0.1) is 16.4 Å². The zero-order valence-corrected chi connectivity index (χ0v) is 17.8. The lowest BCUT2D eigenvalue weighted by Gasteiger charge is -2.46. The summed E-state index contributed by atoms with van der Waals surface area (Å²) in [6.07, 6.45) is 4.11. The van der Waals surface area contributed by atoms with Gasteiger partial charge in [0.05, 0.1) is 26.9 Å². The highest BCUT2D eigenvalue weighted by Gasteiger charge is 2.48. The first kappa shape index (κ1) is 18.6. The molecule has 146 valence electrons. The van der Waals surface area contributed by atoms with E-state index >= 15 is 0 Å². The van der Waals surface area contributed by atoms with Crippen LogP contribution in [-0.2, 0) is 22.9 Å². The van der Waals surface area contributed by atoms with Crippen LogP contribution >= 0.6 is 11.3 Å². The van der Waals surface area contributed by atoms with Gasteiger partial charge in [0.15, 0.2) is 0 Å².